The second-order valence-electron chi connectivity index (χ2n) is 7.06. The molecule has 1 aliphatic carbocycles. The third-order valence-electron chi connectivity index (χ3n) is 5.04. The lowest BCUT2D eigenvalue weighted by atomic mass is 9.87. The fourth-order valence-electron chi connectivity index (χ4n) is 3.74. The number of hydrogen-bond donors (Lipinski definition) is 2. The van der Waals surface area contributed by atoms with E-state index in [9.17, 15) is 9.59 Å². The Kier molecular flexibility index (Phi) is 5.11. The van der Waals surface area contributed by atoms with Crippen LogP contribution in [0.1, 0.15) is 50.5 Å². The monoisotopic (exact) mass is 333 g/mol. The maximum Gasteiger partial charge on any atom is 0.318 e. The molecule has 6 heteroatoms. The lowest BCUT2D eigenvalue weighted by Gasteiger charge is -2.44. The number of urea groups is 1. The fraction of sp³-hybridized carbons (Fsp3) is 0.667. The van der Waals surface area contributed by atoms with E-state index in [2.05, 4.69) is 10.6 Å². The van der Waals surface area contributed by atoms with E-state index in [-0.39, 0.29) is 36.6 Å². The molecule has 132 valence electrons. The van der Waals surface area contributed by atoms with Crippen LogP contribution in [0.4, 0.5) is 4.79 Å². The molecule has 1 aromatic heterocycles. The zero-order valence-corrected chi connectivity index (χ0v) is 14.5. The SMILES string of the molecule is Cc1ccc(CCC(C)NC(=O)N2CC(=O)NC3CCCCC32)o1. The second-order valence-corrected chi connectivity index (χ2v) is 7.06. The van der Waals surface area contributed by atoms with E-state index in [0.29, 0.717) is 0 Å². The largest absolute Gasteiger partial charge is 0.466 e. The quantitative estimate of drug-likeness (QED) is 0.888. The van der Waals surface area contributed by atoms with Crippen molar-refractivity contribution in [3.05, 3.63) is 23.7 Å². The molecule has 1 aromatic rings. The number of amides is 3. The maximum atomic E-state index is 12.6. The highest BCUT2D eigenvalue weighted by molar-refractivity contribution is 5.86. The number of rotatable bonds is 4. The molecule has 2 heterocycles. The Morgan fingerprint density at radius 1 is 1.42 bits per heavy atom. The molecule has 0 spiro atoms. The Labute approximate surface area is 143 Å². The minimum absolute atomic E-state index is 0.0370. The Hall–Kier alpha value is -1.98. The molecule has 3 unspecified atom stereocenters. The lowest BCUT2D eigenvalue weighted by Crippen LogP contribution is -2.64. The van der Waals surface area contributed by atoms with Crippen LogP contribution in [0, 0.1) is 6.92 Å². The van der Waals surface area contributed by atoms with Crippen molar-refractivity contribution in [3.8, 4) is 0 Å². The van der Waals surface area contributed by atoms with Crippen molar-refractivity contribution in [2.24, 2.45) is 0 Å². The van der Waals surface area contributed by atoms with Crippen LogP contribution >= 0.6 is 0 Å². The summed E-state index contributed by atoms with van der Waals surface area (Å²) < 4.78 is 5.56. The zero-order valence-electron chi connectivity index (χ0n) is 14.5. The molecule has 24 heavy (non-hydrogen) atoms. The molecule has 0 bridgehead atoms. The average Bonchev–Trinajstić information content (AvgIpc) is 2.97. The van der Waals surface area contributed by atoms with E-state index in [0.717, 1.165) is 50.0 Å². The maximum absolute atomic E-state index is 12.6. The van der Waals surface area contributed by atoms with E-state index in [1.807, 2.05) is 26.0 Å². The minimum Gasteiger partial charge on any atom is -0.466 e. The number of hydrogen-bond acceptors (Lipinski definition) is 3. The third-order valence-corrected chi connectivity index (χ3v) is 5.04. The van der Waals surface area contributed by atoms with Crippen LogP contribution in [0.15, 0.2) is 16.5 Å². The van der Waals surface area contributed by atoms with Crippen molar-refractivity contribution in [1.29, 1.82) is 0 Å². The number of carbonyl (C=O) groups excluding carboxylic acids is 2. The van der Waals surface area contributed by atoms with Gasteiger partial charge in [-0.15, -0.1) is 0 Å². The summed E-state index contributed by atoms with van der Waals surface area (Å²) in [6, 6.07) is 4.10. The van der Waals surface area contributed by atoms with Crippen LogP contribution in [-0.2, 0) is 11.2 Å². The highest BCUT2D eigenvalue weighted by atomic mass is 16.3. The van der Waals surface area contributed by atoms with Gasteiger partial charge in [0.05, 0.1) is 6.04 Å². The third kappa shape index (κ3) is 3.91. The van der Waals surface area contributed by atoms with Crippen LogP contribution in [0.25, 0.3) is 0 Å². The summed E-state index contributed by atoms with van der Waals surface area (Å²) in [5.41, 5.74) is 0. The number of carbonyl (C=O) groups is 2. The summed E-state index contributed by atoms with van der Waals surface area (Å²) in [6.07, 6.45) is 5.78. The molecule has 1 aliphatic heterocycles. The van der Waals surface area contributed by atoms with Crippen LogP contribution in [-0.4, -0.2) is 41.5 Å². The molecular weight excluding hydrogens is 306 g/mol. The Morgan fingerprint density at radius 3 is 2.96 bits per heavy atom. The highest BCUT2D eigenvalue weighted by Crippen LogP contribution is 2.25. The van der Waals surface area contributed by atoms with Crippen LogP contribution < -0.4 is 10.6 Å². The van der Waals surface area contributed by atoms with Crippen molar-refractivity contribution < 1.29 is 14.0 Å². The first-order valence-corrected chi connectivity index (χ1v) is 8.95. The number of fused-ring (bicyclic) bond motifs is 1. The molecule has 2 N–H and O–H groups in total. The van der Waals surface area contributed by atoms with E-state index in [4.69, 9.17) is 4.42 Å². The van der Waals surface area contributed by atoms with Crippen molar-refractivity contribution in [3.63, 3.8) is 0 Å². The van der Waals surface area contributed by atoms with Crippen molar-refractivity contribution in [1.82, 2.24) is 15.5 Å². The van der Waals surface area contributed by atoms with Gasteiger partial charge in [-0.3, -0.25) is 4.79 Å². The molecule has 6 nitrogen and oxygen atoms in total. The van der Waals surface area contributed by atoms with Gasteiger partial charge < -0.3 is 20.0 Å². The Balaban J connectivity index is 1.53. The van der Waals surface area contributed by atoms with Gasteiger partial charge >= 0.3 is 6.03 Å². The summed E-state index contributed by atoms with van der Waals surface area (Å²) in [6.45, 7) is 4.09. The second kappa shape index (κ2) is 7.28. The normalized spacial score (nSPS) is 24.9. The molecule has 2 fully saturated rings. The topological polar surface area (TPSA) is 74.6 Å². The highest BCUT2D eigenvalue weighted by Gasteiger charge is 2.38. The van der Waals surface area contributed by atoms with E-state index >= 15 is 0 Å². The van der Waals surface area contributed by atoms with Gasteiger partial charge in [0.2, 0.25) is 5.91 Å². The predicted molar refractivity (Wildman–Crippen MR) is 90.7 cm³/mol. The van der Waals surface area contributed by atoms with Gasteiger partial charge in [-0.2, -0.15) is 0 Å². The van der Waals surface area contributed by atoms with Crippen LogP contribution in [0.5, 0.6) is 0 Å². The van der Waals surface area contributed by atoms with Gasteiger partial charge in [0, 0.05) is 18.5 Å². The average molecular weight is 333 g/mol. The molecule has 0 aromatic carbocycles. The summed E-state index contributed by atoms with van der Waals surface area (Å²) in [5, 5.41) is 6.08. The minimum atomic E-state index is -0.120. The number of nitrogens with one attached hydrogen (secondary N) is 2. The summed E-state index contributed by atoms with van der Waals surface area (Å²) in [5.74, 6) is 1.80. The number of aryl methyl sites for hydroxylation is 2. The number of furan rings is 1. The molecule has 3 atom stereocenters. The zero-order chi connectivity index (χ0) is 17.1. The molecule has 1 saturated carbocycles. The standard InChI is InChI=1S/C18H27N3O3/c1-12(7-9-14-10-8-13(2)24-14)19-18(23)21-11-17(22)20-15-5-3-4-6-16(15)21/h8,10,12,15-16H,3-7,9,11H2,1-2H3,(H,19,23)(H,20,22). The van der Waals surface area contributed by atoms with E-state index in [1.165, 1.54) is 0 Å². The Bertz CT molecular complexity index is 598. The number of piperazine rings is 1. The molecule has 2 aliphatic rings. The lowest BCUT2D eigenvalue weighted by molar-refractivity contribution is -0.126. The van der Waals surface area contributed by atoms with Gasteiger partial charge in [-0.1, -0.05) is 12.8 Å². The summed E-state index contributed by atoms with van der Waals surface area (Å²) in [4.78, 5) is 26.3. The van der Waals surface area contributed by atoms with E-state index in [1.54, 1.807) is 4.90 Å². The van der Waals surface area contributed by atoms with Crippen molar-refractivity contribution in [2.75, 3.05) is 6.54 Å². The van der Waals surface area contributed by atoms with Crippen LogP contribution in [0.3, 0.4) is 0 Å². The molecule has 3 rings (SSSR count). The van der Waals surface area contributed by atoms with Gasteiger partial charge in [-0.05, 0) is 45.2 Å². The van der Waals surface area contributed by atoms with Crippen molar-refractivity contribution in [2.45, 2.75) is 70.5 Å². The summed E-state index contributed by atoms with van der Waals surface area (Å²) >= 11 is 0. The fourth-order valence-corrected chi connectivity index (χ4v) is 3.74. The first kappa shape index (κ1) is 16.9. The van der Waals surface area contributed by atoms with Gasteiger partial charge in [0.1, 0.15) is 18.1 Å². The molecule has 3 amide bonds. The molecule has 0 radical (unpaired) electrons. The first-order chi connectivity index (χ1) is 11.5. The smallest absolute Gasteiger partial charge is 0.318 e. The van der Waals surface area contributed by atoms with Crippen LogP contribution in [0.2, 0.25) is 0 Å². The van der Waals surface area contributed by atoms with Gasteiger partial charge in [0.25, 0.3) is 0 Å². The molecular formula is C18H27N3O3. The first-order valence-electron chi connectivity index (χ1n) is 8.95. The molecule has 1 saturated heterocycles. The Morgan fingerprint density at radius 2 is 2.21 bits per heavy atom. The predicted octanol–water partition coefficient (Wildman–Crippen LogP) is 2.36. The number of nitrogens with zero attached hydrogens (tertiary/aromatic N) is 1. The summed E-state index contributed by atoms with van der Waals surface area (Å²) in [7, 11) is 0. The van der Waals surface area contributed by atoms with Gasteiger partial charge in [-0.25, -0.2) is 4.79 Å². The van der Waals surface area contributed by atoms with Gasteiger partial charge in [0.15, 0.2) is 0 Å². The van der Waals surface area contributed by atoms with E-state index < -0.39 is 0 Å². The van der Waals surface area contributed by atoms with Crippen molar-refractivity contribution >= 4 is 11.9 Å².